The number of carbonyl (C=O) groups excluding carboxylic acids is 1. The number of hydrogen-bond acceptors (Lipinski definition) is 3. The smallest absolute Gasteiger partial charge is 0.433 e. The van der Waals surface area contributed by atoms with Gasteiger partial charge in [-0.25, -0.2) is 0 Å². The van der Waals surface area contributed by atoms with E-state index in [1.807, 2.05) is 25.1 Å². The molecule has 8 heteroatoms. The van der Waals surface area contributed by atoms with Gasteiger partial charge in [-0.1, -0.05) is 13.0 Å². The summed E-state index contributed by atoms with van der Waals surface area (Å²) in [6.07, 6.45) is 1.93. The quantitative estimate of drug-likeness (QED) is 0.551. The number of hydrogen-bond donors (Lipinski definition) is 2. The summed E-state index contributed by atoms with van der Waals surface area (Å²) in [4.78, 5) is 19.1. The molecule has 0 bridgehead atoms. The third-order valence-corrected chi connectivity index (χ3v) is 6.40. The highest BCUT2D eigenvalue weighted by Crippen LogP contribution is 2.46. The molecule has 0 atom stereocenters. The predicted molar refractivity (Wildman–Crippen MR) is 110 cm³/mol. The van der Waals surface area contributed by atoms with Crippen LogP contribution in [-0.4, -0.2) is 22.0 Å². The summed E-state index contributed by atoms with van der Waals surface area (Å²) < 4.78 is 44.1. The molecular weight excluding hydrogens is 407 g/mol. The number of carbonyl (C=O) groups is 1. The molecule has 0 spiro atoms. The number of pyridine rings is 1. The number of fused-ring (bicyclic) bond motifs is 1. The maximum absolute atomic E-state index is 12.7. The highest BCUT2D eigenvalue weighted by Gasteiger charge is 2.45. The number of aromatic nitrogens is 2. The lowest BCUT2D eigenvalue weighted by atomic mass is 9.78. The molecule has 5 rings (SSSR count). The minimum atomic E-state index is -4.42. The van der Waals surface area contributed by atoms with E-state index in [0.29, 0.717) is 5.75 Å². The number of H-pyrrole nitrogens is 1. The lowest BCUT2D eigenvalue weighted by Crippen LogP contribution is -2.32. The summed E-state index contributed by atoms with van der Waals surface area (Å²) in [6.45, 7) is 1.96. The van der Waals surface area contributed by atoms with Crippen molar-refractivity contribution >= 4 is 22.5 Å². The van der Waals surface area contributed by atoms with E-state index >= 15 is 0 Å². The largest absolute Gasteiger partial charge is 0.490 e. The van der Waals surface area contributed by atoms with Gasteiger partial charge in [-0.05, 0) is 61.4 Å². The van der Waals surface area contributed by atoms with Crippen LogP contribution in [0, 0.1) is 5.41 Å². The van der Waals surface area contributed by atoms with E-state index < -0.39 is 11.9 Å². The van der Waals surface area contributed by atoms with Crippen molar-refractivity contribution in [3.63, 3.8) is 0 Å². The van der Waals surface area contributed by atoms with Gasteiger partial charge in [-0.2, -0.15) is 13.2 Å². The molecule has 162 valence electrons. The number of rotatable bonds is 5. The molecular formula is C23H22F3N3O2. The molecule has 2 N–H and O–H groups in total. The molecule has 2 saturated carbocycles. The number of anilines is 1. The molecule has 0 aliphatic heterocycles. The summed E-state index contributed by atoms with van der Waals surface area (Å²) in [5, 5.41) is 3.89. The van der Waals surface area contributed by atoms with Crippen molar-refractivity contribution in [1.82, 2.24) is 9.97 Å². The zero-order valence-electron chi connectivity index (χ0n) is 16.9. The first-order chi connectivity index (χ1) is 14.7. The van der Waals surface area contributed by atoms with Gasteiger partial charge in [0.15, 0.2) is 0 Å². The molecule has 2 fully saturated rings. The van der Waals surface area contributed by atoms with E-state index in [9.17, 15) is 18.0 Å². The van der Waals surface area contributed by atoms with Crippen molar-refractivity contribution < 1.29 is 22.7 Å². The third-order valence-electron chi connectivity index (χ3n) is 6.40. The van der Waals surface area contributed by atoms with E-state index in [4.69, 9.17) is 4.74 Å². The van der Waals surface area contributed by atoms with Crippen molar-refractivity contribution in [2.45, 2.75) is 50.8 Å². The molecule has 2 aliphatic rings. The van der Waals surface area contributed by atoms with Crippen molar-refractivity contribution in [1.29, 1.82) is 0 Å². The second kappa shape index (κ2) is 7.00. The van der Waals surface area contributed by atoms with Gasteiger partial charge in [0.1, 0.15) is 11.4 Å². The summed E-state index contributed by atoms with van der Waals surface area (Å²) in [6, 6.07) is 8.22. The van der Waals surface area contributed by atoms with Crippen LogP contribution >= 0.6 is 0 Å². The normalized spacial score (nSPS) is 22.1. The van der Waals surface area contributed by atoms with E-state index in [2.05, 4.69) is 15.3 Å². The molecule has 2 heterocycles. The monoisotopic (exact) mass is 429 g/mol. The Morgan fingerprint density at radius 1 is 1.23 bits per heavy atom. The Labute approximate surface area is 177 Å². The Balaban J connectivity index is 1.22. The van der Waals surface area contributed by atoms with E-state index in [-0.39, 0.29) is 23.3 Å². The molecule has 1 aromatic carbocycles. The first-order valence-corrected chi connectivity index (χ1v) is 10.3. The number of nitrogens with zero attached hydrogens (tertiary/aromatic N) is 1. The Kier molecular flexibility index (Phi) is 4.50. The van der Waals surface area contributed by atoms with Crippen LogP contribution in [0.3, 0.4) is 0 Å². The number of nitrogens with one attached hydrogen (secondary N) is 2. The Morgan fingerprint density at radius 3 is 2.65 bits per heavy atom. The van der Waals surface area contributed by atoms with Gasteiger partial charge in [0.25, 0.3) is 0 Å². The number of halogens is 3. The van der Waals surface area contributed by atoms with Crippen LogP contribution in [0.5, 0.6) is 5.75 Å². The molecule has 2 aromatic heterocycles. The van der Waals surface area contributed by atoms with Crippen LogP contribution in [0.4, 0.5) is 18.9 Å². The lowest BCUT2D eigenvalue weighted by molar-refractivity contribution is -0.141. The molecule has 1 amide bonds. The fourth-order valence-electron chi connectivity index (χ4n) is 3.91. The van der Waals surface area contributed by atoms with Crippen LogP contribution in [-0.2, 0) is 11.0 Å². The summed E-state index contributed by atoms with van der Waals surface area (Å²) in [7, 11) is 0. The number of benzene rings is 1. The van der Waals surface area contributed by atoms with Crippen molar-refractivity contribution in [3.8, 4) is 5.75 Å². The summed E-state index contributed by atoms with van der Waals surface area (Å²) in [5.74, 6) is 0.880. The molecule has 3 aromatic rings. The highest BCUT2D eigenvalue weighted by molar-refractivity contribution is 6.04. The second-order valence-corrected chi connectivity index (χ2v) is 8.81. The predicted octanol–water partition coefficient (Wildman–Crippen LogP) is 5.65. The number of alkyl halides is 3. The van der Waals surface area contributed by atoms with Gasteiger partial charge in [0.05, 0.1) is 11.8 Å². The van der Waals surface area contributed by atoms with Crippen molar-refractivity contribution in [2.75, 3.05) is 5.32 Å². The van der Waals surface area contributed by atoms with E-state index in [0.717, 1.165) is 53.9 Å². The molecule has 0 unspecified atom stereocenters. The lowest BCUT2D eigenvalue weighted by Gasteiger charge is -2.35. The summed E-state index contributed by atoms with van der Waals surface area (Å²) in [5.41, 5.74) is 1.31. The van der Waals surface area contributed by atoms with Crippen LogP contribution < -0.4 is 10.1 Å². The van der Waals surface area contributed by atoms with Gasteiger partial charge in [-0.15, -0.1) is 0 Å². The first-order valence-electron chi connectivity index (χ1n) is 10.3. The van der Waals surface area contributed by atoms with Crippen molar-refractivity contribution in [2.24, 2.45) is 5.41 Å². The van der Waals surface area contributed by atoms with Crippen LogP contribution in [0.15, 0.2) is 42.7 Å². The molecule has 2 aliphatic carbocycles. The first kappa shape index (κ1) is 19.9. The Hall–Kier alpha value is -3.03. The van der Waals surface area contributed by atoms with Gasteiger partial charge in [0.2, 0.25) is 5.91 Å². The Bertz CT molecular complexity index is 1130. The van der Waals surface area contributed by atoms with Crippen molar-refractivity contribution in [3.05, 3.63) is 54.0 Å². The minimum Gasteiger partial charge on any atom is -0.490 e. The number of aromatic amines is 1. The average molecular weight is 429 g/mol. The maximum Gasteiger partial charge on any atom is 0.433 e. The highest BCUT2D eigenvalue weighted by atomic mass is 19.4. The number of ether oxygens (including phenoxy) is 1. The average Bonchev–Trinajstić information content (AvgIpc) is 3.34. The maximum atomic E-state index is 12.7. The summed E-state index contributed by atoms with van der Waals surface area (Å²) >= 11 is 0. The molecule has 31 heavy (non-hydrogen) atoms. The zero-order valence-corrected chi connectivity index (χ0v) is 16.9. The van der Waals surface area contributed by atoms with Gasteiger partial charge in [-0.3, -0.25) is 9.78 Å². The zero-order chi connectivity index (χ0) is 21.8. The molecule has 5 nitrogen and oxygen atoms in total. The van der Waals surface area contributed by atoms with Gasteiger partial charge < -0.3 is 15.0 Å². The minimum absolute atomic E-state index is 0.00731. The van der Waals surface area contributed by atoms with Gasteiger partial charge >= 0.3 is 6.18 Å². The van der Waals surface area contributed by atoms with Crippen LogP contribution in [0.2, 0.25) is 0 Å². The van der Waals surface area contributed by atoms with Crippen LogP contribution in [0.1, 0.15) is 49.8 Å². The Morgan fingerprint density at radius 2 is 2.00 bits per heavy atom. The van der Waals surface area contributed by atoms with Crippen LogP contribution in [0.25, 0.3) is 10.9 Å². The third kappa shape index (κ3) is 3.86. The standard InChI is InChI=1S/C23H22F3N3O2/c1-22(6-7-22)21(30)29-19-12-27-18-4-3-15(10-17(18)19)31-16-8-14(9-16)13-2-5-20(28-11-13)23(24,25)26/h2-5,10-12,14,16,27H,6-9H2,1H3,(H,29,30)/t14-,16-. The van der Waals surface area contributed by atoms with E-state index in [1.54, 1.807) is 6.20 Å². The fourth-order valence-corrected chi connectivity index (χ4v) is 3.91. The van der Waals surface area contributed by atoms with Gasteiger partial charge in [0, 0.05) is 28.7 Å². The molecule has 0 saturated heterocycles. The SMILES string of the molecule is CC1(C(=O)Nc2c[nH]c3ccc(O[C@H]4C[C@H](c5ccc(C(F)(F)F)nc5)C4)cc23)CC1. The molecule has 0 radical (unpaired) electrons. The number of amides is 1. The van der Waals surface area contributed by atoms with E-state index in [1.165, 1.54) is 12.3 Å². The second-order valence-electron chi connectivity index (χ2n) is 8.81. The topological polar surface area (TPSA) is 67.0 Å². The fraction of sp³-hybridized carbons (Fsp3) is 0.391.